The third kappa shape index (κ3) is 2.21. The van der Waals surface area contributed by atoms with E-state index in [4.69, 9.17) is 16.7 Å². The minimum atomic E-state index is -1.13. The van der Waals surface area contributed by atoms with E-state index in [0.29, 0.717) is 0 Å². The molecule has 76 valence electrons. The summed E-state index contributed by atoms with van der Waals surface area (Å²) in [5.41, 5.74) is 0.0735. The normalized spacial score (nSPS) is 12.5. The first-order valence-electron chi connectivity index (χ1n) is 3.91. The van der Waals surface area contributed by atoms with Gasteiger partial charge in [0.1, 0.15) is 11.9 Å². The first-order chi connectivity index (χ1) is 6.56. The van der Waals surface area contributed by atoms with Gasteiger partial charge in [-0.15, -0.1) is 0 Å². The van der Waals surface area contributed by atoms with Gasteiger partial charge in [-0.2, -0.15) is 0 Å². The first kappa shape index (κ1) is 10.9. The molecule has 0 aliphatic carbocycles. The van der Waals surface area contributed by atoms with Crippen LogP contribution < -0.4 is 5.32 Å². The molecule has 0 spiro atoms. The fourth-order valence-corrected chi connectivity index (χ4v) is 1.31. The summed E-state index contributed by atoms with van der Waals surface area (Å²) < 4.78 is 13.3. The third-order valence-corrected chi connectivity index (χ3v) is 2.04. The van der Waals surface area contributed by atoms with Crippen molar-refractivity contribution >= 4 is 17.6 Å². The van der Waals surface area contributed by atoms with Crippen LogP contribution in [0.3, 0.4) is 0 Å². The highest BCUT2D eigenvalue weighted by atomic mass is 35.5. The number of benzene rings is 1. The molecule has 0 saturated heterocycles. The molecule has 5 heteroatoms. The fourth-order valence-electron chi connectivity index (χ4n) is 1.15. The second-order valence-electron chi connectivity index (χ2n) is 2.73. The molecule has 0 aliphatic heterocycles. The lowest BCUT2D eigenvalue weighted by molar-refractivity contribution is -0.139. The van der Waals surface area contributed by atoms with Gasteiger partial charge in [0.05, 0.1) is 0 Å². The number of aliphatic carboxylic acids is 1. The smallest absolute Gasteiger partial charge is 0.325 e. The summed E-state index contributed by atoms with van der Waals surface area (Å²) >= 11 is 5.54. The van der Waals surface area contributed by atoms with Crippen LogP contribution >= 0.6 is 11.6 Å². The minimum absolute atomic E-state index is 0.0735. The highest BCUT2D eigenvalue weighted by molar-refractivity contribution is 6.30. The molecular weight excluding hydrogens is 209 g/mol. The molecule has 3 nitrogen and oxygen atoms in total. The topological polar surface area (TPSA) is 49.3 Å². The molecule has 1 aromatic carbocycles. The third-order valence-electron chi connectivity index (χ3n) is 1.81. The van der Waals surface area contributed by atoms with Gasteiger partial charge in [-0.05, 0) is 19.2 Å². The van der Waals surface area contributed by atoms with Crippen LogP contribution in [-0.4, -0.2) is 18.1 Å². The summed E-state index contributed by atoms with van der Waals surface area (Å²) in [6.07, 6.45) is 0. The molecule has 14 heavy (non-hydrogen) atoms. The molecular formula is C9H9ClFNO2. The Balaban J connectivity index is 3.10. The fraction of sp³-hybridized carbons (Fsp3) is 0.222. The molecule has 2 N–H and O–H groups in total. The summed E-state index contributed by atoms with van der Waals surface area (Å²) in [4.78, 5) is 10.7. The highest BCUT2D eigenvalue weighted by Crippen LogP contribution is 2.20. The average Bonchev–Trinajstić information content (AvgIpc) is 2.09. The van der Waals surface area contributed by atoms with Crippen LogP contribution in [0.2, 0.25) is 5.02 Å². The number of carboxylic acids is 1. The zero-order valence-electron chi connectivity index (χ0n) is 7.42. The molecule has 1 unspecified atom stereocenters. The van der Waals surface area contributed by atoms with E-state index < -0.39 is 17.8 Å². The van der Waals surface area contributed by atoms with Crippen LogP contribution in [0.4, 0.5) is 4.39 Å². The Hall–Kier alpha value is -1.13. The molecule has 0 amide bonds. The van der Waals surface area contributed by atoms with E-state index in [0.717, 1.165) is 6.07 Å². The number of hydrogen-bond donors (Lipinski definition) is 2. The van der Waals surface area contributed by atoms with Crippen molar-refractivity contribution in [3.8, 4) is 0 Å². The van der Waals surface area contributed by atoms with Crippen LogP contribution in [0, 0.1) is 5.82 Å². The quantitative estimate of drug-likeness (QED) is 0.812. The van der Waals surface area contributed by atoms with Crippen molar-refractivity contribution in [2.45, 2.75) is 6.04 Å². The van der Waals surface area contributed by atoms with Crippen molar-refractivity contribution in [1.82, 2.24) is 5.32 Å². The Bertz CT molecular complexity index is 357. The van der Waals surface area contributed by atoms with Gasteiger partial charge in [-0.25, -0.2) is 4.39 Å². The number of nitrogens with one attached hydrogen (secondary N) is 1. The van der Waals surface area contributed by atoms with Crippen molar-refractivity contribution in [1.29, 1.82) is 0 Å². The number of halogens is 2. The summed E-state index contributed by atoms with van der Waals surface area (Å²) in [5, 5.41) is 11.5. The Morgan fingerprint density at radius 3 is 2.71 bits per heavy atom. The van der Waals surface area contributed by atoms with E-state index in [1.54, 1.807) is 0 Å². The summed E-state index contributed by atoms with van der Waals surface area (Å²) in [7, 11) is 1.45. The standard InChI is InChI=1S/C9H9ClFNO2/c1-12-8(9(13)14)6-3-2-5(10)4-7(6)11/h2-4,8,12H,1H3,(H,13,14). The van der Waals surface area contributed by atoms with E-state index in [2.05, 4.69) is 5.32 Å². The Morgan fingerprint density at radius 2 is 2.29 bits per heavy atom. The van der Waals surface area contributed by atoms with Gasteiger partial charge in [-0.3, -0.25) is 4.79 Å². The molecule has 0 aliphatic rings. The molecule has 0 fully saturated rings. The van der Waals surface area contributed by atoms with Crippen molar-refractivity contribution in [2.24, 2.45) is 0 Å². The Kier molecular flexibility index (Phi) is 3.43. The van der Waals surface area contributed by atoms with E-state index in [9.17, 15) is 9.18 Å². The predicted octanol–water partition coefficient (Wildman–Crippen LogP) is 1.82. The van der Waals surface area contributed by atoms with E-state index in [1.165, 1.54) is 19.2 Å². The predicted molar refractivity (Wildman–Crippen MR) is 50.8 cm³/mol. The second kappa shape index (κ2) is 4.39. The molecule has 0 saturated carbocycles. The maximum Gasteiger partial charge on any atom is 0.325 e. The molecule has 0 heterocycles. The zero-order chi connectivity index (χ0) is 10.7. The lowest BCUT2D eigenvalue weighted by Crippen LogP contribution is -2.25. The van der Waals surface area contributed by atoms with Crippen LogP contribution in [0.25, 0.3) is 0 Å². The van der Waals surface area contributed by atoms with E-state index in [1.807, 2.05) is 0 Å². The van der Waals surface area contributed by atoms with Crippen molar-refractivity contribution in [3.05, 3.63) is 34.6 Å². The number of carboxylic acid groups (broad SMARTS) is 1. The molecule has 1 aromatic rings. The lowest BCUT2D eigenvalue weighted by Gasteiger charge is -2.12. The van der Waals surface area contributed by atoms with Gasteiger partial charge in [0.15, 0.2) is 0 Å². The average molecular weight is 218 g/mol. The molecule has 0 radical (unpaired) electrons. The monoisotopic (exact) mass is 217 g/mol. The molecule has 1 atom stereocenters. The van der Waals surface area contributed by atoms with Gasteiger partial charge >= 0.3 is 5.97 Å². The second-order valence-corrected chi connectivity index (χ2v) is 3.16. The number of rotatable bonds is 3. The zero-order valence-corrected chi connectivity index (χ0v) is 8.18. The summed E-state index contributed by atoms with van der Waals surface area (Å²) in [6, 6.07) is 2.84. The Morgan fingerprint density at radius 1 is 1.64 bits per heavy atom. The number of carbonyl (C=O) groups is 1. The van der Waals surface area contributed by atoms with E-state index in [-0.39, 0.29) is 10.6 Å². The maximum absolute atomic E-state index is 13.3. The minimum Gasteiger partial charge on any atom is -0.480 e. The van der Waals surface area contributed by atoms with Crippen LogP contribution in [-0.2, 0) is 4.79 Å². The summed E-state index contributed by atoms with van der Waals surface area (Å²) in [6.45, 7) is 0. The van der Waals surface area contributed by atoms with Crippen molar-refractivity contribution in [3.63, 3.8) is 0 Å². The highest BCUT2D eigenvalue weighted by Gasteiger charge is 2.20. The summed E-state index contributed by atoms with van der Waals surface area (Å²) in [5.74, 6) is -1.76. The SMILES string of the molecule is CNC(C(=O)O)c1ccc(Cl)cc1F. The Labute approximate surface area is 85.5 Å². The molecule has 0 aromatic heterocycles. The van der Waals surface area contributed by atoms with E-state index >= 15 is 0 Å². The lowest BCUT2D eigenvalue weighted by atomic mass is 10.1. The van der Waals surface area contributed by atoms with Gasteiger partial charge in [0.25, 0.3) is 0 Å². The molecule has 0 bridgehead atoms. The van der Waals surface area contributed by atoms with Crippen LogP contribution in [0.15, 0.2) is 18.2 Å². The number of likely N-dealkylation sites (N-methyl/N-ethyl adjacent to an activating group) is 1. The van der Waals surface area contributed by atoms with Gasteiger partial charge in [0, 0.05) is 10.6 Å². The van der Waals surface area contributed by atoms with Crippen LogP contribution in [0.5, 0.6) is 0 Å². The first-order valence-corrected chi connectivity index (χ1v) is 4.29. The van der Waals surface area contributed by atoms with Gasteiger partial charge in [0.2, 0.25) is 0 Å². The van der Waals surface area contributed by atoms with Gasteiger partial charge < -0.3 is 10.4 Å². The van der Waals surface area contributed by atoms with Crippen LogP contribution in [0.1, 0.15) is 11.6 Å². The van der Waals surface area contributed by atoms with Crippen molar-refractivity contribution in [2.75, 3.05) is 7.05 Å². The maximum atomic E-state index is 13.3. The van der Waals surface area contributed by atoms with Crippen molar-refractivity contribution < 1.29 is 14.3 Å². The van der Waals surface area contributed by atoms with Gasteiger partial charge in [-0.1, -0.05) is 17.7 Å². The largest absolute Gasteiger partial charge is 0.480 e. The number of hydrogen-bond acceptors (Lipinski definition) is 2. The molecule has 1 rings (SSSR count).